The van der Waals surface area contributed by atoms with E-state index in [1.54, 1.807) is 6.33 Å². The quantitative estimate of drug-likeness (QED) is 0.893. The standard InChI is InChI=1S/C16H19N3O3S/c1-23(21,22)18-7-6-13(15(20)9-18)16-12-5-3-2-4-11(12)14-8-17-10-19(14)16/h2-5,8,10,13,15-16,20H,6-7,9H2,1H3/t13-,15-,16-/m1/s1. The molecule has 0 radical (unpaired) electrons. The number of aliphatic hydroxyl groups is 1. The molecule has 0 unspecified atom stereocenters. The van der Waals surface area contributed by atoms with Gasteiger partial charge in [0.1, 0.15) is 0 Å². The smallest absolute Gasteiger partial charge is 0.211 e. The Hall–Kier alpha value is -1.70. The third-order valence-corrected chi connectivity index (χ3v) is 6.26. The van der Waals surface area contributed by atoms with E-state index in [0.717, 1.165) is 11.3 Å². The minimum Gasteiger partial charge on any atom is -0.391 e. The molecule has 1 aromatic carbocycles. The molecule has 0 amide bonds. The monoisotopic (exact) mass is 333 g/mol. The van der Waals surface area contributed by atoms with Gasteiger partial charge in [0, 0.05) is 24.6 Å². The van der Waals surface area contributed by atoms with Gasteiger partial charge in [0.05, 0.1) is 36.6 Å². The molecule has 0 spiro atoms. The van der Waals surface area contributed by atoms with Gasteiger partial charge >= 0.3 is 0 Å². The van der Waals surface area contributed by atoms with E-state index < -0.39 is 16.1 Å². The molecule has 2 aliphatic heterocycles. The lowest BCUT2D eigenvalue weighted by Crippen LogP contribution is -2.48. The SMILES string of the molecule is CS(=O)(=O)N1CC[C@@H]([C@H]2c3ccccc3-c3cncn32)[C@H](O)C1. The van der Waals surface area contributed by atoms with Gasteiger partial charge in [-0.3, -0.25) is 0 Å². The van der Waals surface area contributed by atoms with Crippen LogP contribution in [0.15, 0.2) is 36.8 Å². The Kier molecular flexibility index (Phi) is 3.33. The molecule has 23 heavy (non-hydrogen) atoms. The second kappa shape index (κ2) is 5.15. The van der Waals surface area contributed by atoms with E-state index in [1.165, 1.54) is 16.1 Å². The van der Waals surface area contributed by atoms with Crippen LogP contribution in [-0.2, 0) is 10.0 Å². The first kappa shape index (κ1) is 14.9. The summed E-state index contributed by atoms with van der Waals surface area (Å²) in [5.41, 5.74) is 3.39. The molecule has 3 heterocycles. The highest BCUT2D eigenvalue weighted by Crippen LogP contribution is 2.45. The second-order valence-corrected chi connectivity index (χ2v) is 8.34. The molecule has 0 bridgehead atoms. The number of nitrogens with zero attached hydrogens (tertiary/aromatic N) is 3. The summed E-state index contributed by atoms with van der Waals surface area (Å²) in [6.07, 6.45) is 4.78. The first-order chi connectivity index (χ1) is 11.0. The van der Waals surface area contributed by atoms with Crippen LogP contribution in [0.25, 0.3) is 11.3 Å². The molecule has 2 aliphatic rings. The number of hydrogen-bond donors (Lipinski definition) is 1. The molecule has 3 atom stereocenters. The van der Waals surface area contributed by atoms with Gasteiger partial charge in [0.25, 0.3) is 0 Å². The van der Waals surface area contributed by atoms with Crippen molar-refractivity contribution in [2.45, 2.75) is 18.6 Å². The van der Waals surface area contributed by atoms with Crippen molar-refractivity contribution in [3.05, 3.63) is 42.4 Å². The molecule has 4 rings (SSSR count). The topological polar surface area (TPSA) is 75.4 Å². The molecule has 1 saturated heterocycles. The molecule has 0 saturated carbocycles. The number of hydrogen-bond acceptors (Lipinski definition) is 4. The van der Waals surface area contributed by atoms with E-state index in [-0.39, 0.29) is 18.5 Å². The van der Waals surface area contributed by atoms with Crippen LogP contribution in [0.5, 0.6) is 0 Å². The van der Waals surface area contributed by atoms with Gasteiger partial charge in [-0.2, -0.15) is 4.31 Å². The number of sulfonamides is 1. The average molecular weight is 333 g/mol. The number of aliphatic hydroxyl groups excluding tert-OH is 1. The first-order valence-corrected chi connectivity index (χ1v) is 9.56. The molecule has 7 heteroatoms. The number of aromatic nitrogens is 2. The van der Waals surface area contributed by atoms with Crippen molar-refractivity contribution in [3.63, 3.8) is 0 Å². The van der Waals surface area contributed by atoms with Gasteiger partial charge in [-0.15, -0.1) is 0 Å². The summed E-state index contributed by atoms with van der Waals surface area (Å²) in [5.74, 6) is -0.0235. The highest BCUT2D eigenvalue weighted by Gasteiger charge is 2.41. The highest BCUT2D eigenvalue weighted by molar-refractivity contribution is 7.88. The Labute approximate surface area is 135 Å². The van der Waals surface area contributed by atoms with E-state index in [4.69, 9.17) is 0 Å². The van der Waals surface area contributed by atoms with E-state index in [9.17, 15) is 13.5 Å². The molecule has 6 nitrogen and oxygen atoms in total. The average Bonchev–Trinajstić information content (AvgIpc) is 3.07. The predicted molar refractivity (Wildman–Crippen MR) is 86.3 cm³/mol. The fourth-order valence-corrected chi connectivity index (χ4v) is 4.76. The lowest BCUT2D eigenvalue weighted by atomic mass is 9.84. The summed E-state index contributed by atoms with van der Waals surface area (Å²) in [7, 11) is -3.26. The largest absolute Gasteiger partial charge is 0.391 e. The zero-order chi connectivity index (χ0) is 16.2. The number of imidazole rings is 1. The maximum Gasteiger partial charge on any atom is 0.211 e. The van der Waals surface area contributed by atoms with Crippen molar-refractivity contribution in [1.82, 2.24) is 13.9 Å². The number of piperidine rings is 1. The van der Waals surface area contributed by atoms with Gasteiger partial charge < -0.3 is 9.67 Å². The summed E-state index contributed by atoms with van der Waals surface area (Å²) in [4.78, 5) is 4.24. The molecular weight excluding hydrogens is 314 g/mol. The van der Waals surface area contributed by atoms with Crippen LogP contribution in [0.2, 0.25) is 0 Å². The summed E-state index contributed by atoms with van der Waals surface area (Å²) in [5, 5.41) is 10.6. The number of fused-ring (bicyclic) bond motifs is 3. The summed E-state index contributed by atoms with van der Waals surface area (Å²) in [6.45, 7) is 0.607. The van der Waals surface area contributed by atoms with Crippen molar-refractivity contribution in [2.24, 2.45) is 5.92 Å². The third-order valence-electron chi connectivity index (χ3n) is 4.99. The van der Waals surface area contributed by atoms with Crippen LogP contribution in [0.3, 0.4) is 0 Å². The van der Waals surface area contributed by atoms with Crippen LogP contribution in [-0.4, -0.2) is 52.8 Å². The fraction of sp³-hybridized carbons (Fsp3) is 0.438. The molecular formula is C16H19N3O3S. The maximum atomic E-state index is 11.7. The van der Waals surface area contributed by atoms with Crippen molar-refractivity contribution >= 4 is 10.0 Å². The van der Waals surface area contributed by atoms with Crippen LogP contribution in [0.4, 0.5) is 0 Å². The highest BCUT2D eigenvalue weighted by atomic mass is 32.2. The van der Waals surface area contributed by atoms with E-state index in [2.05, 4.69) is 21.7 Å². The van der Waals surface area contributed by atoms with Gasteiger partial charge in [0.15, 0.2) is 0 Å². The van der Waals surface area contributed by atoms with Crippen LogP contribution < -0.4 is 0 Å². The Bertz CT molecular complexity index is 846. The summed E-state index contributed by atoms with van der Waals surface area (Å²) < 4.78 is 26.9. The van der Waals surface area contributed by atoms with E-state index >= 15 is 0 Å². The number of rotatable bonds is 2. The second-order valence-electron chi connectivity index (χ2n) is 6.36. The molecule has 2 aromatic rings. The van der Waals surface area contributed by atoms with E-state index in [0.29, 0.717) is 13.0 Å². The summed E-state index contributed by atoms with van der Waals surface area (Å²) in [6, 6.07) is 8.18. The molecule has 1 aromatic heterocycles. The van der Waals surface area contributed by atoms with Crippen LogP contribution in [0.1, 0.15) is 18.0 Å². The van der Waals surface area contributed by atoms with Gasteiger partial charge in [0.2, 0.25) is 10.0 Å². The van der Waals surface area contributed by atoms with Crippen molar-refractivity contribution in [2.75, 3.05) is 19.3 Å². The minimum absolute atomic E-state index is 0.0143. The number of benzene rings is 1. The van der Waals surface area contributed by atoms with Crippen molar-refractivity contribution in [1.29, 1.82) is 0 Å². The van der Waals surface area contributed by atoms with Crippen LogP contribution >= 0.6 is 0 Å². The first-order valence-electron chi connectivity index (χ1n) is 7.71. The normalized spacial score (nSPS) is 27.7. The van der Waals surface area contributed by atoms with Gasteiger partial charge in [-0.05, 0) is 12.0 Å². The molecule has 1 fully saturated rings. The Morgan fingerprint density at radius 2 is 2.09 bits per heavy atom. The van der Waals surface area contributed by atoms with Crippen molar-refractivity contribution in [3.8, 4) is 11.3 Å². The van der Waals surface area contributed by atoms with Crippen molar-refractivity contribution < 1.29 is 13.5 Å². The van der Waals surface area contributed by atoms with Gasteiger partial charge in [-0.1, -0.05) is 24.3 Å². The molecule has 122 valence electrons. The third kappa shape index (κ3) is 2.31. The Morgan fingerprint density at radius 3 is 2.83 bits per heavy atom. The Balaban J connectivity index is 1.70. The lowest BCUT2D eigenvalue weighted by molar-refractivity contribution is 0.0345. The number of β-amino-alcohol motifs (C(OH)–C–C–N with tert-alkyl or cyclic N) is 1. The zero-order valence-electron chi connectivity index (χ0n) is 12.8. The predicted octanol–water partition coefficient (Wildman–Crippen LogP) is 1.10. The van der Waals surface area contributed by atoms with Crippen LogP contribution in [0, 0.1) is 5.92 Å². The minimum atomic E-state index is -3.26. The lowest BCUT2D eigenvalue weighted by Gasteiger charge is -2.38. The molecule has 1 N–H and O–H groups in total. The summed E-state index contributed by atoms with van der Waals surface area (Å²) >= 11 is 0. The zero-order valence-corrected chi connectivity index (χ0v) is 13.6. The molecule has 0 aliphatic carbocycles. The van der Waals surface area contributed by atoms with Gasteiger partial charge in [-0.25, -0.2) is 13.4 Å². The maximum absolute atomic E-state index is 11.7. The fourth-order valence-electron chi connectivity index (χ4n) is 3.90. The Morgan fingerprint density at radius 1 is 1.30 bits per heavy atom. The van der Waals surface area contributed by atoms with E-state index in [1.807, 2.05) is 18.3 Å².